The van der Waals surface area contributed by atoms with Crippen molar-refractivity contribution in [1.29, 1.82) is 0 Å². The first kappa shape index (κ1) is 14.0. The molecule has 1 rings (SSSR count). The van der Waals surface area contributed by atoms with E-state index in [2.05, 4.69) is 0 Å². The van der Waals surface area contributed by atoms with Crippen LogP contribution in [0, 0.1) is 0 Å². The molecular weight excluding hydrogens is 244 g/mol. The van der Waals surface area contributed by atoms with Gasteiger partial charge in [-0.05, 0) is 6.92 Å². The minimum absolute atomic E-state index is 0.375. The largest absolute Gasteiger partial charge is 0.400 e. The lowest BCUT2D eigenvalue weighted by Gasteiger charge is -2.38. The van der Waals surface area contributed by atoms with Gasteiger partial charge in [-0.2, -0.15) is 0 Å². The summed E-state index contributed by atoms with van der Waals surface area (Å²) in [5, 5.41) is 20.5. The normalized spacial score (nSPS) is 41.0. The number of ether oxygens (including phenoxy) is 1. The van der Waals surface area contributed by atoms with Crippen LogP contribution in [0.25, 0.3) is 0 Å². The zero-order chi connectivity index (χ0) is 12.5. The van der Waals surface area contributed by atoms with Crippen LogP contribution in [-0.4, -0.2) is 57.1 Å². The first-order valence-corrected chi connectivity index (χ1v) is 6.30. The number of aliphatic hydroxyl groups excluding tert-OH is 2. The average Bonchev–Trinajstić information content (AvgIpc) is 2.17. The standard InChI is InChI=1S/C7H15FNO6P/c1-3-5(8)7(11)6(10)4(15-3)2-9-16(12,13)14/h3-7,10-11H,2H2,1H3,(H3,9,12,13,14)/t3?,4?,5?,6-,7-/m1/s1. The van der Waals surface area contributed by atoms with Gasteiger partial charge in [-0.1, -0.05) is 0 Å². The lowest BCUT2D eigenvalue weighted by molar-refractivity contribution is -0.196. The molecule has 0 aromatic rings. The van der Waals surface area contributed by atoms with Crippen LogP contribution in [0.5, 0.6) is 0 Å². The van der Waals surface area contributed by atoms with Crippen LogP contribution in [0.15, 0.2) is 0 Å². The number of alkyl halides is 1. The zero-order valence-corrected chi connectivity index (χ0v) is 9.42. The van der Waals surface area contributed by atoms with E-state index in [0.29, 0.717) is 0 Å². The highest BCUT2D eigenvalue weighted by atomic mass is 31.2. The molecule has 1 saturated heterocycles. The van der Waals surface area contributed by atoms with Gasteiger partial charge in [0, 0.05) is 6.54 Å². The molecule has 1 fully saturated rings. The van der Waals surface area contributed by atoms with Crippen molar-refractivity contribution in [3.63, 3.8) is 0 Å². The van der Waals surface area contributed by atoms with Gasteiger partial charge in [0.1, 0.15) is 12.2 Å². The molecule has 0 radical (unpaired) electrons. The Morgan fingerprint density at radius 3 is 2.44 bits per heavy atom. The SMILES string of the molecule is CC1OC(CNP(=O)(O)O)[C@@H](O)[C@H](O)C1F. The molecule has 1 aliphatic rings. The predicted octanol–water partition coefficient (Wildman–Crippen LogP) is -1.48. The summed E-state index contributed by atoms with van der Waals surface area (Å²) in [6, 6.07) is 0. The Balaban J connectivity index is 2.57. The van der Waals surface area contributed by atoms with E-state index in [-0.39, 0.29) is 6.54 Å². The lowest BCUT2D eigenvalue weighted by atomic mass is 9.97. The highest BCUT2D eigenvalue weighted by molar-refractivity contribution is 7.49. The Labute approximate surface area is 91.4 Å². The van der Waals surface area contributed by atoms with Gasteiger partial charge in [-0.15, -0.1) is 0 Å². The Kier molecular flexibility index (Phi) is 4.42. The summed E-state index contributed by atoms with van der Waals surface area (Å²) in [6.07, 6.45) is -6.87. The molecule has 9 heteroatoms. The predicted molar refractivity (Wildman–Crippen MR) is 51.3 cm³/mol. The Hall–Kier alpha value is -0.0800. The van der Waals surface area contributed by atoms with Gasteiger partial charge in [0.15, 0.2) is 6.17 Å². The molecule has 0 spiro atoms. The van der Waals surface area contributed by atoms with E-state index in [4.69, 9.17) is 14.5 Å². The van der Waals surface area contributed by atoms with Crippen LogP contribution >= 0.6 is 7.75 Å². The number of hydrogen-bond acceptors (Lipinski definition) is 4. The molecule has 0 aromatic carbocycles. The summed E-state index contributed by atoms with van der Waals surface area (Å²) in [4.78, 5) is 17.1. The van der Waals surface area contributed by atoms with Crippen LogP contribution in [0.3, 0.4) is 0 Å². The molecule has 0 saturated carbocycles. The maximum absolute atomic E-state index is 13.2. The van der Waals surface area contributed by atoms with Crippen molar-refractivity contribution >= 4 is 7.75 Å². The van der Waals surface area contributed by atoms with Crippen LogP contribution in [-0.2, 0) is 9.30 Å². The first-order valence-electron chi connectivity index (χ1n) is 4.68. The van der Waals surface area contributed by atoms with Crippen molar-refractivity contribution in [2.75, 3.05) is 6.54 Å². The van der Waals surface area contributed by atoms with E-state index in [0.717, 1.165) is 0 Å². The summed E-state index contributed by atoms with van der Waals surface area (Å²) in [7, 11) is -4.43. The molecule has 16 heavy (non-hydrogen) atoms. The molecule has 96 valence electrons. The quantitative estimate of drug-likeness (QED) is 0.392. The fourth-order valence-corrected chi connectivity index (χ4v) is 1.91. The number of nitrogens with one attached hydrogen (secondary N) is 1. The molecule has 1 heterocycles. The van der Waals surface area contributed by atoms with E-state index < -0.39 is 38.3 Å². The number of halogens is 1. The topological polar surface area (TPSA) is 119 Å². The lowest BCUT2D eigenvalue weighted by Crippen LogP contribution is -2.57. The summed E-state index contributed by atoms with van der Waals surface area (Å²) in [5.74, 6) is 0. The van der Waals surface area contributed by atoms with Crippen molar-refractivity contribution in [3.05, 3.63) is 0 Å². The van der Waals surface area contributed by atoms with Gasteiger partial charge in [-0.25, -0.2) is 14.0 Å². The molecule has 0 aliphatic carbocycles. The van der Waals surface area contributed by atoms with E-state index >= 15 is 0 Å². The van der Waals surface area contributed by atoms with Crippen molar-refractivity contribution in [1.82, 2.24) is 5.09 Å². The smallest absolute Gasteiger partial charge is 0.388 e. The monoisotopic (exact) mass is 259 g/mol. The number of aliphatic hydroxyl groups is 2. The van der Waals surface area contributed by atoms with Crippen molar-refractivity contribution in [2.24, 2.45) is 0 Å². The van der Waals surface area contributed by atoms with Crippen molar-refractivity contribution in [3.8, 4) is 0 Å². The molecule has 1 aliphatic heterocycles. The molecule has 0 amide bonds. The highest BCUT2D eigenvalue weighted by Gasteiger charge is 2.43. The molecule has 0 bridgehead atoms. The van der Waals surface area contributed by atoms with E-state index in [1.807, 2.05) is 5.09 Å². The van der Waals surface area contributed by atoms with Gasteiger partial charge >= 0.3 is 7.75 Å². The third-order valence-corrected chi connectivity index (χ3v) is 2.99. The summed E-state index contributed by atoms with van der Waals surface area (Å²) in [6.45, 7) is 0.990. The van der Waals surface area contributed by atoms with Crippen molar-refractivity contribution in [2.45, 2.75) is 37.5 Å². The maximum Gasteiger partial charge on any atom is 0.400 e. The fraction of sp³-hybridized carbons (Fsp3) is 1.00. The van der Waals surface area contributed by atoms with Gasteiger partial charge in [0.2, 0.25) is 0 Å². The van der Waals surface area contributed by atoms with Crippen LogP contribution < -0.4 is 5.09 Å². The third-order valence-electron chi connectivity index (χ3n) is 2.39. The molecule has 7 nitrogen and oxygen atoms in total. The van der Waals surface area contributed by atoms with Crippen LogP contribution in [0.4, 0.5) is 4.39 Å². The molecule has 5 N–H and O–H groups in total. The maximum atomic E-state index is 13.2. The fourth-order valence-electron chi connectivity index (χ4n) is 1.49. The first-order chi connectivity index (χ1) is 7.22. The minimum atomic E-state index is -4.43. The third kappa shape index (κ3) is 3.46. The minimum Gasteiger partial charge on any atom is -0.388 e. The number of rotatable bonds is 3. The van der Waals surface area contributed by atoms with Gasteiger partial charge in [-0.3, -0.25) is 0 Å². The van der Waals surface area contributed by atoms with E-state index in [9.17, 15) is 19.2 Å². The summed E-state index contributed by atoms with van der Waals surface area (Å²) in [5.41, 5.74) is 0. The van der Waals surface area contributed by atoms with Crippen LogP contribution in [0.2, 0.25) is 0 Å². The molecule has 3 unspecified atom stereocenters. The van der Waals surface area contributed by atoms with Crippen LogP contribution in [0.1, 0.15) is 6.92 Å². The summed E-state index contributed by atoms with van der Waals surface area (Å²) >= 11 is 0. The van der Waals surface area contributed by atoms with E-state index in [1.165, 1.54) is 6.92 Å². The number of hydrogen-bond donors (Lipinski definition) is 5. The molecular formula is C7H15FNO6P. The second kappa shape index (κ2) is 5.05. The average molecular weight is 259 g/mol. The second-order valence-electron chi connectivity index (χ2n) is 3.71. The van der Waals surface area contributed by atoms with Gasteiger partial charge in [0.05, 0.1) is 12.2 Å². The molecule has 0 aromatic heterocycles. The van der Waals surface area contributed by atoms with Gasteiger partial charge in [0.25, 0.3) is 0 Å². The summed E-state index contributed by atoms with van der Waals surface area (Å²) < 4.78 is 28.7. The van der Waals surface area contributed by atoms with Crippen molar-refractivity contribution < 1.29 is 33.7 Å². The molecule has 5 atom stereocenters. The zero-order valence-electron chi connectivity index (χ0n) is 8.52. The van der Waals surface area contributed by atoms with E-state index in [1.54, 1.807) is 0 Å². The second-order valence-corrected chi connectivity index (χ2v) is 5.12. The highest BCUT2D eigenvalue weighted by Crippen LogP contribution is 2.29. The van der Waals surface area contributed by atoms with Gasteiger partial charge < -0.3 is 24.7 Å². The Morgan fingerprint density at radius 1 is 1.38 bits per heavy atom. The Bertz CT molecular complexity index is 286. The Morgan fingerprint density at radius 2 is 1.94 bits per heavy atom.